The first-order valence-corrected chi connectivity index (χ1v) is 7.68. The predicted octanol–water partition coefficient (Wildman–Crippen LogP) is 3.40. The molecular weight excluding hydrogens is 313 g/mol. The molecule has 0 spiro atoms. The van der Waals surface area contributed by atoms with Crippen molar-refractivity contribution in [3.8, 4) is 5.75 Å². The second-order valence-electron chi connectivity index (χ2n) is 5.34. The average molecular weight is 332 g/mol. The van der Waals surface area contributed by atoms with Crippen LogP contribution in [0.15, 0.2) is 18.2 Å². The number of hydrogen-bond donors (Lipinski definition) is 0. The van der Waals surface area contributed by atoms with Crippen LogP contribution in [0, 0.1) is 0 Å². The maximum Gasteiger partial charge on any atom is 0.263 e. The van der Waals surface area contributed by atoms with Crippen molar-refractivity contribution in [2.24, 2.45) is 0 Å². The van der Waals surface area contributed by atoms with Crippen LogP contribution in [0.5, 0.6) is 5.75 Å². The molecule has 0 aromatic heterocycles. The highest BCUT2D eigenvalue weighted by atomic mass is 35.5. The Kier molecular flexibility index (Phi) is 5.36. The van der Waals surface area contributed by atoms with Crippen molar-refractivity contribution in [2.45, 2.75) is 39.1 Å². The summed E-state index contributed by atoms with van der Waals surface area (Å²) in [5.74, 6) is 0.388. The van der Waals surface area contributed by atoms with Gasteiger partial charge in [0.15, 0.2) is 6.10 Å². The first kappa shape index (κ1) is 16.4. The molecule has 0 bridgehead atoms. The van der Waals surface area contributed by atoms with E-state index in [1.165, 1.54) is 0 Å². The van der Waals surface area contributed by atoms with Crippen LogP contribution in [0.2, 0.25) is 10.0 Å². The van der Waals surface area contributed by atoms with Crippen molar-refractivity contribution < 1.29 is 14.3 Å². The average Bonchev–Trinajstić information content (AvgIpc) is 2.40. The Bertz CT molecular complexity index is 514. The van der Waals surface area contributed by atoms with Crippen molar-refractivity contribution in [1.82, 2.24) is 4.90 Å². The summed E-state index contributed by atoms with van der Waals surface area (Å²) in [7, 11) is 0. The van der Waals surface area contributed by atoms with Gasteiger partial charge < -0.3 is 14.4 Å². The Balaban J connectivity index is 2.02. The third-order valence-electron chi connectivity index (χ3n) is 3.28. The fourth-order valence-corrected chi connectivity index (χ4v) is 2.88. The monoisotopic (exact) mass is 331 g/mol. The first-order chi connectivity index (χ1) is 9.86. The number of rotatable bonds is 3. The molecule has 0 saturated carbocycles. The quantitative estimate of drug-likeness (QED) is 0.852. The van der Waals surface area contributed by atoms with Gasteiger partial charge in [-0.1, -0.05) is 23.2 Å². The van der Waals surface area contributed by atoms with E-state index in [1.54, 1.807) is 30.0 Å². The summed E-state index contributed by atoms with van der Waals surface area (Å²) >= 11 is 11.9. The van der Waals surface area contributed by atoms with E-state index in [0.29, 0.717) is 28.9 Å². The lowest BCUT2D eigenvalue weighted by molar-refractivity contribution is -0.149. The second-order valence-corrected chi connectivity index (χ2v) is 6.18. The van der Waals surface area contributed by atoms with Gasteiger partial charge in [0.2, 0.25) is 0 Å². The maximum absolute atomic E-state index is 12.4. The van der Waals surface area contributed by atoms with Gasteiger partial charge in [0.1, 0.15) is 5.75 Å². The zero-order chi connectivity index (χ0) is 15.6. The molecule has 0 unspecified atom stereocenters. The summed E-state index contributed by atoms with van der Waals surface area (Å²) in [6, 6.07) is 4.94. The maximum atomic E-state index is 12.4. The predicted molar refractivity (Wildman–Crippen MR) is 83.1 cm³/mol. The van der Waals surface area contributed by atoms with Gasteiger partial charge in [0.25, 0.3) is 5.91 Å². The fourth-order valence-electron chi connectivity index (χ4n) is 2.43. The number of ether oxygens (including phenoxy) is 2. The number of nitrogens with zero attached hydrogens (tertiary/aromatic N) is 1. The highest BCUT2D eigenvalue weighted by Gasteiger charge is 2.29. The zero-order valence-electron chi connectivity index (χ0n) is 12.3. The summed E-state index contributed by atoms with van der Waals surface area (Å²) in [4.78, 5) is 14.2. The SMILES string of the molecule is C[C@@H]1CN(C(=O)[C@H](C)Oc2ccc(Cl)cc2Cl)C[C@H](C)O1. The summed E-state index contributed by atoms with van der Waals surface area (Å²) < 4.78 is 11.3. The van der Waals surface area contributed by atoms with Gasteiger partial charge in [-0.3, -0.25) is 4.79 Å². The van der Waals surface area contributed by atoms with Crippen molar-refractivity contribution in [3.63, 3.8) is 0 Å². The lowest BCUT2D eigenvalue weighted by atomic mass is 10.2. The highest BCUT2D eigenvalue weighted by molar-refractivity contribution is 6.35. The van der Waals surface area contributed by atoms with E-state index in [-0.39, 0.29) is 18.1 Å². The van der Waals surface area contributed by atoms with Crippen LogP contribution < -0.4 is 4.74 Å². The number of halogens is 2. The van der Waals surface area contributed by atoms with Gasteiger partial charge >= 0.3 is 0 Å². The molecule has 1 aromatic rings. The van der Waals surface area contributed by atoms with Crippen LogP contribution >= 0.6 is 23.2 Å². The fraction of sp³-hybridized carbons (Fsp3) is 0.533. The Labute approximate surface area is 134 Å². The van der Waals surface area contributed by atoms with Crippen molar-refractivity contribution in [3.05, 3.63) is 28.2 Å². The van der Waals surface area contributed by atoms with Crippen LogP contribution in [0.1, 0.15) is 20.8 Å². The standard InChI is InChI=1S/C15H19Cl2NO3/c1-9-7-18(8-10(2)20-9)15(19)11(3)21-14-5-4-12(16)6-13(14)17/h4-6,9-11H,7-8H2,1-3H3/t9-,10+,11-/m0/s1. The van der Waals surface area contributed by atoms with Crippen LogP contribution in [-0.4, -0.2) is 42.2 Å². The summed E-state index contributed by atoms with van der Waals surface area (Å²) in [5, 5.41) is 0.924. The van der Waals surface area contributed by atoms with Gasteiger partial charge in [-0.15, -0.1) is 0 Å². The molecule has 21 heavy (non-hydrogen) atoms. The molecule has 3 atom stereocenters. The molecule has 4 nitrogen and oxygen atoms in total. The number of amides is 1. The molecule has 1 saturated heterocycles. The first-order valence-electron chi connectivity index (χ1n) is 6.92. The number of carbonyl (C=O) groups is 1. The van der Waals surface area contributed by atoms with Gasteiger partial charge in [0.05, 0.1) is 17.2 Å². The molecular formula is C15H19Cl2NO3. The molecule has 0 aliphatic carbocycles. The smallest absolute Gasteiger partial charge is 0.263 e. The van der Waals surface area contributed by atoms with Gasteiger partial charge in [-0.25, -0.2) is 0 Å². The topological polar surface area (TPSA) is 38.8 Å². The molecule has 6 heteroatoms. The molecule has 2 rings (SSSR count). The van der Waals surface area contributed by atoms with E-state index in [4.69, 9.17) is 32.7 Å². The molecule has 0 N–H and O–H groups in total. The van der Waals surface area contributed by atoms with Crippen molar-refractivity contribution in [2.75, 3.05) is 13.1 Å². The Morgan fingerprint density at radius 2 is 1.95 bits per heavy atom. The van der Waals surface area contributed by atoms with E-state index in [0.717, 1.165) is 0 Å². The van der Waals surface area contributed by atoms with E-state index in [9.17, 15) is 4.79 Å². The van der Waals surface area contributed by atoms with Crippen LogP contribution in [0.3, 0.4) is 0 Å². The normalized spacial score (nSPS) is 23.8. The third-order valence-corrected chi connectivity index (χ3v) is 3.81. The largest absolute Gasteiger partial charge is 0.479 e. The summed E-state index contributed by atoms with van der Waals surface area (Å²) in [5.41, 5.74) is 0. The van der Waals surface area contributed by atoms with E-state index in [2.05, 4.69) is 0 Å². The summed E-state index contributed by atoms with van der Waals surface area (Å²) in [6.45, 7) is 6.78. The van der Waals surface area contributed by atoms with E-state index < -0.39 is 6.10 Å². The highest BCUT2D eigenvalue weighted by Crippen LogP contribution is 2.28. The molecule has 0 radical (unpaired) electrons. The number of carbonyl (C=O) groups excluding carboxylic acids is 1. The van der Waals surface area contributed by atoms with E-state index >= 15 is 0 Å². The molecule has 1 fully saturated rings. The van der Waals surface area contributed by atoms with Crippen molar-refractivity contribution >= 4 is 29.1 Å². The van der Waals surface area contributed by atoms with Gasteiger partial charge in [-0.05, 0) is 39.0 Å². The van der Waals surface area contributed by atoms with Gasteiger partial charge in [0, 0.05) is 18.1 Å². The summed E-state index contributed by atoms with van der Waals surface area (Å²) in [6.07, 6.45) is -0.547. The molecule has 1 heterocycles. The number of benzene rings is 1. The van der Waals surface area contributed by atoms with Crippen molar-refractivity contribution in [1.29, 1.82) is 0 Å². The molecule has 1 amide bonds. The van der Waals surface area contributed by atoms with Gasteiger partial charge in [-0.2, -0.15) is 0 Å². The third kappa shape index (κ3) is 4.25. The molecule has 116 valence electrons. The van der Waals surface area contributed by atoms with Crippen LogP contribution in [-0.2, 0) is 9.53 Å². The molecule has 1 aliphatic rings. The number of morpholine rings is 1. The Hall–Kier alpha value is -0.970. The minimum Gasteiger partial charge on any atom is -0.479 e. The minimum atomic E-state index is -0.610. The lowest BCUT2D eigenvalue weighted by Crippen LogP contribution is -2.51. The van der Waals surface area contributed by atoms with E-state index in [1.807, 2.05) is 13.8 Å². The van der Waals surface area contributed by atoms with Crippen LogP contribution in [0.4, 0.5) is 0 Å². The Morgan fingerprint density at radius 3 is 2.52 bits per heavy atom. The minimum absolute atomic E-state index is 0.0315. The number of hydrogen-bond acceptors (Lipinski definition) is 3. The molecule has 1 aliphatic heterocycles. The van der Waals surface area contributed by atoms with Crippen LogP contribution in [0.25, 0.3) is 0 Å². The Morgan fingerprint density at radius 1 is 1.33 bits per heavy atom. The zero-order valence-corrected chi connectivity index (χ0v) is 13.8. The molecule has 1 aromatic carbocycles. The lowest BCUT2D eigenvalue weighted by Gasteiger charge is -2.36. The second kappa shape index (κ2) is 6.86.